The highest BCUT2D eigenvalue weighted by molar-refractivity contribution is 4.82. The van der Waals surface area contributed by atoms with Crippen molar-refractivity contribution in [2.45, 2.75) is 39.7 Å². The van der Waals surface area contributed by atoms with Crippen molar-refractivity contribution in [2.75, 3.05) is 19.8 Å². The lowest BCUT2D eigenvalue weighted by molar-refractivity contribution is 0.111. The van der Waals surface area contributed by atoms with Crippen molar-refractivity contribution in [3.63, 3.8) is 0 Å². The lowest BCUT2D eigenvalue weighted by Gasteiger charge is -2.32. The van der Waals surface area contributed by atoms with Crippen molar-refractivity contribution in [2.24, 2.45) is 5.41 Å². The molecule has 0 aliphatic carbocycles. The Kier molecular flexibility index (Phi) is 4.89. The van der Waals surface area contributed by atoms with Crippen molar-refractivity contribution >= 4 is 0 Å². The van der Waals surface area contributed by atoms with Crippen LogP contribution in [0.25, 0.3) is 0 Å². The number of nitrogens with one attached hydrogen (secondary N) is 1. The van der Waals surface area contributed by atoms with Crippen molar-refractivity contribution in [1.29, 1.82) is 0 Å². The first-order valence-corrected chi connectivity index (χ1v) is 4.86. The number of rotatable bonds is 6. The maximum absolute atomic E-state index is 9.15. The predicted molar refractivity (Wildman–Crippen MR) is 54.7 cm³/mol. The lowest BCUT2D eigenvalue weighted by atomic mass is 9.87. The zero-order valence-corrected chi connectivity index (χ0v) is 9.22. The van der Waals surface area contributed by atoms with E-state index in [4.69, 9.17) is 10.2 Å². The smallest absolute Gasteiger partial charge is 0.0607 e. The third kappa shape index (κ3) is 4.60. The van der Waals surface area contributed by atoms with E-state index < -0.39 is 0 Å². The summed E-state index contributed by atoms with van der Waals surface area (Å²) in [7, 11) is 0. The largest absolute Gasteiger partial charge is 0.396 e. The van der Waals surface area contributed by atoms with E-state index in [1.165, 1.54) is 0 Å². The van der Waals surface area contributed by atoms with E-state index in [1.54, 1.807) is 0 Å². The maximum atomic E-state index is 9.15. The van der Waals surface area contributed by atoms with Crippen LogP contribution in [-0.4, -0.2) is 35.5 Å². The van der Waals surface area contributed by atoms with Crippen LogP contribution in [0.3, 0.4) is 0 Å². The fourth-order valence-electron chi connectivity index (χ4n) is 0.801. The second kappa shape index (κ2) is 4.94. The molecule has 0 aliphatic heterocycles. The molecule has 3 nitrogen and oxygen atoms in total. The van der Waals surface area contributed by atoms with Gasteiger partial charge in [0.25, 0.3) is 0 Å². The molecule has 0 aromatic rings. The summed E-state index contributed by atoms with van der Waals surface area (Å²) in [6, 6.07) is 0. The molecule has 0 saturated heterocycles. The second-order valence-corrected chi connectivity index (χ2v) is 4.72. The van der Waals surface area contributed by atoms with E-state index >= 15 is 0 Å². The van der Waals surface area contributed by atoms with Gasteiger partial charge in [-0.25, -0.2) is 0 Å². The highest BCUT2D eigenvalue weighted by atomic mass is 16.3. The van der Waals surface area contributed by atoms with E-state index in [1.807, 2.05) is 20.8 Å². The molecule has 0 aromatic carbocycles. The van der Waals surface area contributed by atoms with E-state index in [9.17, 15) is 0 Å². The Balaban J connectivity index is 3.99. The molecular formula is C10H23NO2. The number of hydrogen-bond acceptors (Lipinski definition) is 3. The fourth-order valence-corrected chi connectivity index (χ4v) is 0.801. The summed E-state index contributed by atoms with van der Waals surface area (Å²) in [4.78, 5) is 0. The Morgan fingerprint density at radius 2 is 1.62 bits per heavy atom. The summed E-state index contributed by atoms with van der Waals surface area (Å²) >= 11 is 0. The highest BCUT2D eigenvalue weighted by Crippen LogP contribution is 2.19. The van der Waals surface area contributed by atoms with E-state index in [0.29, 0.717) is 0 Å². The van der Waals surface area contributed by atoms with Crippen LogP contribution in [-0.2, 0) is 0 Å². The number of aliphatic hydroxyl groups is 2. The predicted octanol–water partition coefficient (Wildman–Crippen LogP) is 0.755. The van der Waals surface area contributed by atoms with Crippen LogP contribution in [0, 0.1) is 5.41 Å². The Hall–Kier alpha value is -0.120. The minimum absolute atomic E-state index is 0.0769. The van der Waals surface area contributed by atoms with Crippen LogP contribution in [0.2, 0.25) is 0 Å². The molecule has 80 valence electrons. The van der Waals surface area contributed by atoms with Gasteiger partial charge in [-0.1, -0.05) is 13.8 Å². The number of aliphatic hydroxyl groups excluding tert-OH is 2. The minimum atomic E-state index is -0.258. The van der Waals surface area contributed by atoms with Crippen molar-refractivity contribution in [3.05, 3.63) is 0 Å². The van der Waals surface area contributed by atoms with Gasteiger partial charge in [-0.05, 0) is 20.3 Å². The van der Waals surface area contributed by atoms with E-state index in [0.717, 1.165) is 13.0 Å². The third-order valence-electron chi connectivity index (χ3n) is 2.62. The van der Waals surface area contributed by atoms with Gasteiger partial charge in [0.15, 0.2) is 0 Å². The van der Waals surface area contributed by atoms with Gasteiger partial charge in [-0.3, -0.25) is 0 Å². The summed E-state index contributed by atoms with van der Waals surface area (Å²) in [5.41, 5.74) is -0.335. The molecule has 1 atom stereocenters. The molecule has 3 heteroatoms. The molecule has 0 fully saturated rings. The quantitative estimate of drug-likeness (QED) is 0.578. The summed E-state index contributed by atoms with van der Waals surface area (Å²) in [5, 5.41) is 21.4. The molecule has 1 unspecified atom stereocenters. The molecule has 0 saturated carbocycles. The standard InChI is InChI=1S/C10H23NO2/c1-5-10(4,8-13)6-11-9(2,3)7-12/h11-13H,5-8H2,1-4H3. The Bertz CT molecular complexity index is 142. The number of hydrogen-bond donors (Lipinski definition) is 3. The molecule has 13 heavy (non-hydrogen) atoms. The minimum Gasteiger partial charge on any atom is -0.396 e. The zero-order valence-electron chi connectivity index (χ0n) is 9.22. The Labute approximate surface area is 81.2 Å². The van der Waals surface area contributed by atoms with Crippen LogP contribution in [0.4, 0.5) is 0 Å². The van der Waals surface area contributed by atoms with Crippen LogP contribution in [0.15, 0.2) is 0 Å². The van der Waals surface area contributed by atoms with Crippen LogP contribution in [0.5, 0.6) is 0 Å². The Morgan fingerprint density at radius 1 is 1.08 bits per heavy atom. The first kappa shape index (κ1) is 12.9. The van der Waals surface area contributed by atoms with Gasteiger partial charge in [0, 0.05) is 24.1 Å². The average molecular weight is 189 g/mol. The second-order valence-electron chi connectivity index (χ2n) is 4.72. The molecule has 0 rings (SSSR count). The van der Waals surface area contributed by atoms with Crippen molar-refractivity contribution in [3.8, 4) is 0 Å². The van der Waals surface area contributed by atoms with Gasteiger partial charge >= 0.3 is 0 Å². The molecule has 0 amide bonds. The maximum Gasteiger partial charge on any atom is 0.0607 e. The van der Waals surface area contributed by atoms with Crippen LogP contribution >= 0.6 is 0 Å². The molecule has 0 heterocycles. The summed E-state index contributed by atoms with van der Waals surface area (Å²) < 4.78 is 0. The van der Waals surface area contributed by atoms with E-state index in [-0.39, 0.29) is 24.2 Å². The fraction of sp³-hybridized carbons (Fsp3) is 1.00. The lowest BCUT2D eigenvalue weighted by Crippen LogP contribution is -2.48. The van der Waals surface area contributed by atoms with Gasteiger partial charge in [0.1, 0.15) is 0 Å². The van der Waals surface area contributed by atoms with Crippen molar-refractivity contribution < 1.29 is 10.2 Å². The summed E-state index contributed by atoms with van der Waals surface area (Å²) in [6.07, 6.45) is 0.929. The Morgan fingerprint density at radius 3 is 1.92 bits per heavy atom. The molecule has 0 aromatic heterocycles. The summed E-state index contributed by atoms with van der Waals surface area (Å²) in [5.74, 6) is 0. The normalized spacial score (nSPS) is 17.1. The van der Waals surface area contributed by atoms with Crippen LogP contribution < -0.4 is 5.32 Å². The van der Waals surface area contributed by atoms with Gasteiger partial charge in [0.2, 0.25) is 0 Å². The monoisotopic (exact) mass is 189 g/mol. The van der Waals surface area contributed by atoms with Crippen LogP contribution in [0.1, 0.15) is 34.1 Å². The van der Waals surface area contributed by atoms with E-state index in [2.05, 4.69) is 12.2 Å². The summed E-state index contributed by atoms with van der Waals surface area (Å²) in [6.45, 7) is 9.00. The SMILES string of the molecule is CCC(C)(CO)CNC(C)(C)CO. The van der Waals surface area contributed by atoms with Gasteiger partial charge in [-0.15, -0.1) is 0 Å². The molecule has 0 aliphatic rings. The molecule has 0 bridgehead atoms. The van der Waals surface area contributed by atoms with Gasteiger partial charge < -0.3 is 15.5 Å². The first-order chi connectivity index (χ1) is 5.89. The van der Waals surface area contributed by atoms with Gasteiger partial charge in [-0.2, -0.15) is 0 Å². The molecular weight excluding hydrogens is 166 g/mol. The first-order valence-electron chi connectivity index (χ1n) is 4.86. The molecule has 0 radical (unpaired) electrons. The highest BCUT2D eigenvalue weighted by Gasteiger charge is 2.24. The third-order valence-corrected chi connectivity index (χ3v) is 2.62. The molecule has 0 spiro atoms. The van der Waals surface area contributed by atoms with Gasteiger partial charge in [0.05, 0.1) is 6.61 Å². The average Bonchev–Trinajstić information content (AvgIpc) is 2.14. The van der Waals surface area contributed by atoms with Crippen molar-refractivity contribution in [1.82, 2.24) is 5.32 Å². The zero-order chi connectivity index (χ0) is 10.5. The molecule has 3 N–H and O–H groups in total. The topological polar surface area (TPSA) is 52.5 Å².